The van der Waals surface area contributed by atoms with Gasteiger partial charge in [0.15, 0.2) is 0 Å². The molecular weight excluding hydrogens is 444 g/mol. The Morgan fingerprint density at radius 3 is 2.63 bits per heavy atom. The van der Waals surface area contributed by atoms with Crippen LogP contribution >= 0.6 is 46.5 Å². The van der Waals surface area contributed by atoms with Crippen molar-refractivity contribution >= 4 is 68.1 Å². The number of amides is 1. The first-order valence-corrected chi connectivity index (χ1v) is 13.2. The molecule has 0 spiro atoms. The number of benzene rings is 1. The van der Waals surface area contributed by atoms with Crippen LogP contribution in [0.1, 0.15) is 15.2 Å². The van der Waals surface area contributed by atoms with Gasteiger partial charge in [-0.25, -0.2) is 8.42 Å². The number of carbonyl (C=O) groups is 1. The summed E-state index contributed by atoms with van der Waals surface area (Å²) in [7, 11) is -3.53. The number of thiophene rings is 1. The maximum Gasteiger partial charge on any atom is 0.257 e. The maximum atomic E-state index is 12.8. The zero-order valence-corrected chi connectivity index (χ0v) is 18.8. The van der Waals surface area contributed by atoms with Gasteiger partial charge in [0.05, 0.1) is 16.3 Å². The predicted molar refractivity (Wildman–Crippen MR) is 116 cm³/mol. The number of thioether (sulfide) groups is 2. The molecule has 1 saturated heterocycles. The largest absolute Gasteiger partial charge is 0.321 e. The molecule has 1 aliphatic rings. The molecule has 0 aliphatic carbocycles. The van der Waals surface area contributed by atoms with Crippen LogP contribution in [0, 0.1) is 6.92 Å². The van der Waals surface area contributed by atoms with Crippen LogP contribution in [0.25, 0.3) is 0 Å². The smallest absolute Gasteiger partial charge is 0.257 e. The molecule has 2 heterocycles. The lowest BCUT2D eigenvalue weighted by molar-refractivity contribution is 0.102. The SMILES string of the molecule is CSc1ccc(Cl)c(C(=O)Nc2cc(S(=O)(=O)N3CCSCC3)sc2C)c1. The highest BCUT2D eigenvalue weighted by Gasteiger charge is 2.28. The Labute approximate surface area is 176 Å². The van der Waals surface area contributed by atoms with E-state index in [4.69, 9.17) is 11.6 Å². The normalized spacial score (nSPS) is 15.7. The number of nitrogens with one attached hydrogen (secondary N) is 1. The van der Waals surface area contributed by atoms with Crippen molar-refractivity contribution in [3.63, 3.8) is 0 Å². The number of aryl methyl sites for hydroxylation is 1. The van der Waals surface area contributed by atoms with Crippen molar-refractivity contribution in [1.82, 2.24) is 4.31 Å². The first-order valence-electron chi connectivity index (χ1n) is 8.16. The Morgan fingerprint density at radius 2 is 1.96 bits per heavy atom. The van der Waals surface area contributed by atoms with E-state index in [1.165, 1.54) is 27.4 Å². The van der Waals surface area contributed by atoms with Crippen molar-refractivity contribution in [2.45, 2.75) is 16.0 Å². The molecule has 5 nitrogen and oxygen atoms in total. The summed E-state index contributed by atoms with van der Waals surface area (Å²) in [5.74, 6) is 1.25. The van der Waals surface area contributed by atoms with Crippen molar-refractivity contribution in [1.29, 1.82) is 0 Å². The van der Waals surface area contributed by atoms with Crippen LogP contribution in [0.5, 0.6) is 0 Å². The Balaban J connectivity index is 1.84. The van der Waals surface area contributed by atoms with Gasteiger partial charge in [-0.15, -0.1) is 23.1 Å². The molecule has 1 N–H and O–H groups in total. The maximum absolute atomic E-state index is 12.8. The number of carbonyl (C=O) groups excluding carboxylic acids is 1. The van der Waals surface area contributed by atoms with Crippen LogP contribution in [-0.4, -0.2) is 49.5 Å². The van der Waals surface area contributed by atoms with E-state index >= 15 is 0 Å². The number of hydrogen-bond donors (Lipinski definition) is 1. The molecule has 1 amide bonds. The Kier molecular flexibility index (Phi) is 6.81. The summed E-state index contributed by atoms with van der Waals surface area (Å²) < 4.78 is 27.4. The monoisotopic (exact) mass is 462 g/mol. The van der Waals surface area contributed by atoms with Crippen molar-refractivity contribution in [3.05, 3.63) is 39.7 Å². The number of rotatable bonds is 5. The van der Waals surface area contributed by atoms with Crippen LogP contribution in [0.15, 0.2) is 33.4 Å². The molecule has 0 saturated carbocycles. The van der Waals surface area contributed by atoms with Gasteiger partial charge < -0.3 is 5.32 Å². The molecule has 1 aromatic heterocycles. The number of nitrogens with zero attached hydrogens (tertiary/aromatic N) is 1. The van der Waals surface area contributed by atoms with Gasteiger partial charge in [-0.2, -0.15) is 16.1 Å². The topological polar surface area (TPSA) is 66.5 Å². The minimum absolute atomic E-state index is 0.256. The number of sulfonamides is 1. The Morgan fingerprint density at radius 1 is 1.26 bits per heavy atom. The van der Waals surface area contributed by atoms with Gasteiger partial charge in [0.2, 0.25) is 0 Å². The first kappa shape index (κ1) is 21.0. The van der Waals surface area contributed by atoms with Crippen LogP contribution < -0.4 is 5.32 Å². The van der Waals surface area contributed by atoms with Crippen LogP contribution in [-0.2, 0) is 10.0 Å². The number of anilines is 1. The molecule has 0 radical (unpaired) electrons. The molecular formula is C17H19ClN2O3S4. The molecule has 146 valence electrons. The predicted octanol–water partition coefficient (Wildman–Crippen LogP) is 4.42. The van der Waals surface area contributed by atoms with Gasteiger partial charge in [0.1, 0.15) is 4.21 Å². The second kappa shape index (κ2) is 8.75. The lowest BCUT2D eigenvalue weighted by atomic mass is 10.2. The Hall–Kier alpha value is -0.710. The molecule has 0 unspecified atom stereocenters. The minimum Gasteiger partial charge on any atom is -0.321 e. The standard InChI is InChI=1S/C17H19ClN2O3S4/c1-11-15(19-17(21)13-9-12(24-2)3-4-14(13)18)10-16(26-11)27(22,23)20-5-7-25-8-6-20/h3-4,9-10H,5-8H2,1-2H3,(H,19,21). The van der Waals surface area contributed by atoms with E-state index < -0.39 is 10.0 Å². The van der Waals surface area contributed by atoms with E-state index in [2.05, 4.69) is 5.32 Å². The van der Waals surface area contributed by atoms with Gasteiger partial charge in [-0.1, -0.05) is 11.6 Å². The van der Waals surface area contributed by atoms with E-state index in [1.54, 1.807) is 36.9 Å². The molecule has 10 heteroatoms. The summed E-state index contributed by atoms with van der Waals surface area (Å²) in [6.07, 6.45) is 1.92. The number of halogens is 1. The molecule has 1 aliphatic heterocycles. The average Bonchev–Trinajstić information content (AvgIpc) is 3.04. The van der Waals surface area contributed by atoms with E-state index in [1.807, 2.05) is 12.3 Å². The van der Waals surface area contributed by atoms with Gasteiger partial charge in [0.25, 0.3) is 15.9 Å². The lowest BCUT2D eigenvalue weighted by Crippen LogP contribution is -2.37. The zero-order valence-electron chi connectivity index (χ0n) is 14.8. The summed E-state index contributed by atoms with van der Waals surface area (Å²) in [5, 5.41) is 3.16. The highest BCUT2D eigenvalue weighted by Crippen LogP contribution is 2.33. The third-order valence-electron chi connectivity index (χ3n) is 4.13. The fourth-order valence-corrected chi connectivity index (χ4v) is 7.39. The summed E-state index contributed by atoms with van der Waals surface area (Å²) in [6, 6.07) is 6.81. The van der Waals surface area contributed by atoms with Gasteiger partial charge in [-0.05, 0) is 37.4 Å². The molecule has 3 rings (SSSR count). The summed E-state index contributed by atoms with van der Waals surface area (Å²) in [6.45, 7) is 2.83. The average molecular weight is 463 g/mol. The first-order chi connectivity index (χ1) is 12.8. The molecule has 27 heavy (non-hydrogen) atoms. The van der Waals surface area contributed by atoms with E-state index in [-0.39, 0.29) is 10.1 Å². The Bertz CT molecular complexity index is 953. The van der Waals surface area contributed by atoms with E-state index in [9.17, 15) is 13.2 Å². The summed E-state index contributed by atoms with van der Waals surface area (Å²) >= 11 is 10.6. The second-order valence-electron chi connectivity index (χ2n) is 5.85. The fraction of sp³-hybridized carbons (Fsp3) is 0.353. The molecule has 2 aromatic rings. The highest BCUT2D eigenvalue weighted by molar-refractivity contribution is 7.99. The fourth-order valence-electron chi connectivity index (χ4n) is 2.62. The number of hydrogen-bond acceptors (Lipinski definition) is 6. The van der Waals surface area contributed by atoms with Crippen molar-refractivity contribution in [2.24, 2.45) is 0 Å². The molecule has 1 fully saturated rings. The summed E-state index contributed by atoms with van der Waals surface area (Å²) in [4.78, 5) is 14.3. The minimum atomic E-state index is -3.53. The van der Waals surface area contributed by atoms with E-state index in [0.717, 1.165) is 21.3 Å². The zero-order chi connectivity index (χ0) is 19.6. The third kappa shape index (κ3) is 4.65. The molecule has 0 bridgehead atoms. The third-order valence-corrected chi connectivity index (χ3v) is 9.52. The van der Waals surface area contributed by atoms with Crippen molar-refractivity contribution in [2.75, 3.05) is 36.2 Å². The van der Waals surface area contributed by atoms with Crippen molar-refractivity contribution < 1.29 is 13.2 Å². The second-order valence-corrected chi connectivity index (χ2v) is 11.8. The lowest BCUT2D eigenvalue weighted by Gasteiger charge is -2.24. The quantitative estimate of drug-likeness (QED) is 0.666. The van der Waals surface area contributed by atoms with E-state index in [0.29, 0.717) is 29.4 Å². The summed E-state index contributed by atoms with van der Waals surface area (Å²) in [5.41, 5.74) is 0.868. The highest BCUT2D eigenvalue weighted by atomic mass is 35.5. The van der Waals surface area contributed by atoms with Crippen molar-refractivity contribution in [3.8, 4) is 0 Å². The van der Waals surface area contributed by atoms with Crippen LogP contribution in [0.2, 0.25) is 5.02 Å². The molecule has 1 aromatic carbocycles. The van der Waals surface area contributed by atoms with Gasteiger partial charge in [0, 0.05) is 34.4 Å². The van der Waals surface area contributed by atoms with Gasteiger partial charge in [-0.3, -0.25) is 4.79 Å². The van der Waals surface area contributed by atoms with Gasteiger partial charge >= 0.3 is 0 Å². The van der Waals surface area contributed by atoms with Crippen LogP contribution in [0.4, 0.5) is 5.69 Å². The molecule has 0 atom stereocenters. The van der Waals surface area contributed by atoms with Crippen LogP contribution in [0.3, 0.4) is 0 Å².